The number of fused-ring (bicyclic) bond motifs is 1. The van der Waals surface area contributed by atoms with Gasteiger partial charge in [-0.25, -0.2) is 0 Å². The first-order valence-electron chi connectivity index (χ1n) is 11.5. The highest BCUT2D eigenvalue weighted by molar-refractivity contribution is 5.93. The van der Waals surface area contributed by atoms with Gasteiger partial charge in [-0.05, 0) is 72.6 Å². The molecule has 0 saturated heterocycles. The van der Waals surface area contributed by atoms with Crippen LogP contribution in [0.4, 0.5) is 5.69 Å². The molecular weight excluding hydrogens is 422 g/mol. The Balaban J connectivity index is 1.20. The second-order valence-electron chi connectivity index (χ2n) is 8.07. The van der Waals surface area contributed by atoms with E-state index >= 15 is 0 Å². The molecule has 0 aliphatic carbocycles. The van der Waals surface area contributed by atoms with Crippen molar-refractivity contribution in [2.45, 2.75) is 13.0 Å². The number of aromatic nitrogens is 1. The van der Waals surface area contributed by atoms with Gasteiger partial charge in [-0.3, -0.25) is 4.98 Å². The highest BCUT2D eigenvalue weighted by Crippen LogP contribution is 2.29. The van der Waals surface area contributed by atoms with Crippen LogP contribution in [0.5, 0.6) is 11.5 Å². The summed E-state index contributed by atoms with van der Waals surface area (Å²) in [6.45, 7) is 2.56. The van der Waals surface area contributed by atoms with Crippen molar-refractivity contribution >= 4 is 16.6 Å². The van der Waals surface area contributed by atoms with E-state index in [-0.39, 0.29) is 0 Å². The summed E-state index contributed by atoms with van der Waals surface area (Å²) in [7, 11) is 0. The maximum atomic E-state index is 5.91. The molecule has 0 bridgehead atoms. The van der Waals surface area contributed by atoms with Crippen molar-refractivity contribution in [3.63, 3.8) is 0 Å². The first kappa shape index (κ1) is 21.7. The van der Waals surface area contributed by atoms with E-state index in [2.05, 4.69) is 45.9 Å². The highest BCUT2D eigenvalue weighted by Gasteiger charge is 2.06. The van der Waals surface area contributed by atoms with Gasteiger partial charge in [0, 0.05) is 23.8 Å². The molecule has 0 aliphatic heterocycles. The van der Waals surface area contributed by atoms with Crippen molar-refractivity contribution in [1.29, 1.82) is 0 Å². The summed E-state index contributed by atoms with van der Waals surface area (Å²) in [5.41, 5.74) is 4.34. The third-order valence-corrected chi connectivity index (χ3v) is 5.63. The number of nitrogens with one attached hydrogen (secondary N) is 2. The van der Waals surface area contributed by atoms with Crippen LogP contribution in [0.25, 0.3) is 22.0 Å². The number of pyridine rings is 1. The number of rotatable bonds is 10. The number of hydrogen-bond acceptors (Lipinski definition) is 5. The lowest BCUT2D eigenvalue weighted by Gasteiger charge is -2.11. The second kappa shape index (κ2) is 10.7. The standard InChI is InChI=1S/C29H27N3O2/c1-2-6-24(7-3-1)34-25-12-9-22(10-13-25)23-11-14-27-28(15-18-32-29(27)20-23)31-17-5-16-30-21-26-8-4-19-33-26/h1-4,6-15,18-20,30H,5,16-17,21H2,(H,31,32). The molecule has 0 unspecified atom stereocenters. The number of ether oxygens (including phenoxy) is 1. The van der Waals surface area contributed by atoms with E-state index in [0.717, 1.165) is 71.0 Å². The summed E-state index contributed by atoms with van der Waals surface area (Å²) in [5.74, 6) is 2.61. The van der Waals surface area contributed by atoms with Gasteiger partial charge >= 0.3 is 0 Å². The Morgan fingerprint density at radius 1 is 0.765 bits per heavy atom. The van der Waals surface area contributed by atoms with Crippen LogP contribution in [0.15, 0.2) is 108 Å². The maximum Gasteiger partial charge on any atom is 0.127 e. The quantitative estimate of drug-likeness (QED) is 0.228. The van der Waals surface area contributed by atoms with Gasteiger partial charge in [-0.2, -0.15) is 0 Å². The van der Waals surface area contributed by atoms with Gasteiger partial charge in [0.25, 0.3) is 0 Å². The monoisotopic (exact) mass is 449 g/mol. The van der Waals surface area contributed by atoms with Crippen molar-refractivity contribution in [2.24, 2.45) is 0 Å². The zero-order chi connectivity index (χ0) is 23.0. The molecule has 0 aliphatic rings. The normalized spacial score (nSPS) is 10.9. The van der Waals surface area contributed by atoms with E-state index < -0.39 is 0 Å². The van der Waals surface area contributed by atoms with E-state index in [4.69, 9.17) is 9.15 Å². The predicted molar refractivity (Wildman–Crippen MR) is 137 cm³/mol. The molecule has 0 radical (unpaired) electrons. The van der Waals surface area contributed by atoms with Crippen molar-refractivity contribution in [2.75, 3.05) is 18.4 Å². The first-order chi connectivity index (χ1) is 16.8. The van der Waals surface area contributed by atoms with Gasteiger partial charge in [-0.1, -0.05) is 42.5 Å². The molecule has 5 nitrogen and oxygen atoms in total. The molecule has 2 heterocycles. The molecule has 0 fully saturated rings. The van der Waals surface area contributed by atoms with Gasteiger partial charge in [-0.15, -0.1) is 0 Å². The lowest BCUT2D eigenvalue weighted by Crippen LogP contribution is -2.17. The zero-order valence-corrected chi connectivity index (χ0v) is 18.9. The smallest absolute Gasteiger partial charge is 0.127 e. The molecule has 0 spiro atoms. The van der Waals surface area contributed by atoms with Gasteiger partial charge in [0.2, 0.25) is 0 Å². The van der Waals surface area contributed by atoms with Crippen LogP contribution >= 0.6 is 0 Å². The Hall–Kier alpha value is -4.09. The summed E-state index contributed by atoms with van der Waals surface area (Å²) in [6.07, 6.45) is 4.58. The van der Waals surface area contributed by atoms with Gasteiger partial charge < -0.3 is 19.8 Å². The van der Waals surface area contributed by atoms with Crippen LogP contribution in [-0.2, 0) is 6.54 Å². The zero-order valence-electron chi connectivity index (χ0n) is 18.9. The number of hydrogen-bond donors (Lipinski definition) is 2. The molecule has 5 aromatic rings. The fourth-order valence-corrected chi connectivity index (χ4v) is 3.88. The number of benzene rings is 3. The fourth-order valence-electron chi connectivity index (χ4n) is 3.88. The summed E-state index contributed by atoms with van der Waals surface area (Å²) in [6, 6.07) is 30.3. The number of anilines is 1. The van der Waals surface area contributed by atoms with E-state index in [1.807, 2.05) is 66.9 Å². The molecule has 5 rings (SSSR count). The molecule has 34 heavy (non-hydrogen) atoms. The molecule has 170 valence electrons. The van der Waals surface area contributed by atoms with Crippen LogP contribution in [0.1, 0.15) is 12.2 Å². The van der Waals surface area contributed by atoms with E-state index in [1.54, 1.807) is 6.26 Å². The van der Waals surface area contributed by atoms with E-state index in [0.29, 0.717) is 0 Å². The van der Waals surface area contributed by atoms with Crippen molar-refractivity contribution in [3.8, 4) is 22.6 Å². The van der Waals surface area contributed by atoms with Gasteiger partial charge in [0.1, 0.15) is 17.3 Å². The molecule has 2 aromatic heterocycles. The van der Waals surface area contributed by atoms with Crippen molar-refractivity contribution in [1.82, 2.24) is 10.3 Å². The molecular formula is C29H27N3O2. The largest absolute Gasteiger partial charge is 0.468 e. The first-order valence-corrected chi connectivity index (χ1v) is 11.5. The molecule has 5 heteroatoms. The Morgan fingerprint density at radius 3 is 2.41 bits per heavy atom. The van der Waals surface area contributed by atoms with Crippen LogP contribution in [-0.4, -0.2) is 18.1 Å². The SMILES string of the molecule is c1ccc(Oc2ccc(-c3ccc4c(NCCCNCc5ccco5)ccnc4c3)cc2)cc1. The summed E-state index contributed by atoms with van der Waals surface area (Å²) in [5, 5.41) is 8.07. The van der Waals surface area contributed by atoms with Crippen LogP contribution < -0.4 is 15.4 Å². The summed E-state index contributed by atoms with van der Waals surface area (Å²) in [4.78, 5) is 4.60. The van der Waals surface area contributed by atoms with Gasteiger partial charge in [0.15, 0.2) is 0 Å². The van der Waals surface area contributed by atoms with Crippen molar-refractivity contribution in [3.05, 3.63) is 109 Å². The Bertz CT molecular complexity index is 1320. The maximum absolute atomic E-state index is 5.91. The molecule has 0 saturated carbocycles. The van der Waals surface area contributed by atoms with Crippen LogP contribution in [0.2, 0.25) is 0 Å². The third-order valence-electron chi connectivity index (χ3n) is 5.63. The molecule has 3 aromatic carbocycles. The second-order valence-corrected chi connectivity index (χ2v) is 8.07. The minimum Gasteiger partial charge on any atom is -0.468 e. The molecule has 0 atom stereocenters. The fraction of sp³-hybridized carbons (Fsp3) is 0.138. The van der Waals surface area contributed by atoms with Crippen LogP contribution in [0.3, 0.4) is 0 Å². The molecule has 2 N–H and O–H groups in total. The van der Waals surface area contributed by atoms with Crippen LogP contribution in [0, 0.1) is 0 Å². The third kappa shape index (κ3) is 5.45. The Kier molecular flexibility index (Phi) is 6.83. The van der Waals surface area contributed by atoms with E-state index in [9.17, 15) is 0 Å². The van der Waals surface area contributed by atoms with Crippen molar-refractivity contribution < 1.29 is 9.15 Å². The predicted octanol–water partition coefficient (Wildman–Crippen LogP) is 6.88. The minimum atomic E-state index is 0.757. The Morgan fingerprint density at radius 2 is 1.59 bits per heavy atom. The molecule has 0 amide bonds. The lowest BCUT2D eigenvalue weighted by molar-refractivity contribution is 0.482. The lowest BCUT2D eigenvalue weighted by atomic mass is 10.0. The number of furan rings is 1. The van der Waals surface area contributed by atoms with Gasteiger partial charge in [0.05, 0.1) is 18.3 Å². The topological polar surface area (TPSA) is 59.3 Å². The average Bonchev–Trinajstić information content (AvgIpc) is 3.40. The summed E-state index contributed by atoms with van der Waals surface area (Å²) >= 11 is 0. The highest BCUT2D eigenvalue weighted by atomic mass is 16.5. The number of para-hydroxylation sites is 1. The number of nitrogens with zero attached hydrogens (tertiary/aromatic N) is 1. The Labute approximate surface area is 199 Å². The average molecular weight is 450 g/mol. The minimum absolute atomic E-state index is 0.757. The van der Waals surface area contributed by atoms with E-state index in [1.165, 1.54) is 0 Å². The summed E-state index contributed by atoms with van der Waals surface area (Å²) < 4.78 is 11.2.